The first-order chi connectivity index (χ1) is 13.5. The molecule has 0 aliphatic carbocycles. The van der Waals surface area contributed by atoms with Gasteiger partial charge in [0.25, 0.3) is 0 Å². The highest BCUT2D eigenvalue weighted by atomic mass is 32.1. The van der Waals surface area contributed by atoms with Crippen molar-refractivity contribution >= 4 is 28.6 Å². The lowest BCUT2D eigenvalue weighted by Gasteiger charge is -2.14. The van der Waals surface area contributed by atoms with Crippen molar-refractivity contribution in [3.05, 3.63) is 40.4 Å². The maximum Gasteiger partial charge on any atom is 0.166 e. The first-order valence-electron chi connectivity index (χ1n) is 9.12. The molecule has 1 aliphatic heterocycles. The molecule has 0 bridgehead atoms. The molecule has 4 rings (SSSR count). The normalized spacial score (nSPS) is 16.4. The minimum absolute atomic E-state index is 0.110. The van der Waals surface area contributed by atoms with Gasteiger partial charge in [0.2, 0.25) is 0 Å². The van der Waals surface area contributed by atoms with E-state index in [1.165, 1.54) is 28.3 Å². The van der Waals surface area contributed by atoms with Crippen molar-refractivity contribution in [3.63, 3.8) is 0 Å². The Morgan fingerprint density at radius 2 is 2.29 bits per heavy atom. The van der Waals surface area contributed by atoms with Crippen molar-refractivity contribution < 1.29 is 9.90 Å². The van der Waals surface area contributed by atoms with Gasteiger partial charge < -0.3 is 16.2 Å². The number of hydrogen-bond donors (Lipinski definition) is 3. The number of aliphatic hydroxyl groups is 1. The van der Waals surface area contributed by atoms with E-state index in [0.717, 1.165) is 23.3 Å². The summed E-state index contributed by atoms with van der Waals surface area (Å²) in [7, 11) is 0. The zero-order valence-electron chi connectivity index (χ0n) is 15.8. The molecule has 28 heavy (non-hydrogen) atoms. The number of carbonyl (C=O) groups is 1. The smallest absolute Gasteiger partial charge is 0.166 e. The van der Waals surface area contributed by atoms with Gasteiger partial charge in [0.1, 0.15) is 10.8 Å². The molecule has 0 fully saturated rings. The fraction of sp³-hybridized carbons (Fsp3) is 0.368. The summed E-state index contributed by atoms with van der Waals surface area (Å²) in [6, 6.07) is 0.344. The van der Waals surface area contributed by atoms with E-state index in [1.54, 1.807) is 12.4 Å². The van der Waals surface area contributed by atoms with Crippen LogP contribution in [0.4, 0.5) is 5.82 Å². The lowest BCUT2D eigenvalue weighted by Crippen LogP contribution is -2.21. The van der Waals surface area contributed by atoms with E-state index >= 15 is 0 Å². The Bertz CT molecular complexity index is 1080. The molecule has 8 nitrogen and oxygen atoms in total. The number of carbonyl (C=O) groups excluding carboxylic acids is 1. The summed E-state index contributed by atoms with van der Waals surface area (Å²) in [6.45, 7) is 3.49. The summed E-state index contributed by atoms with van der Waals surface area (Å²) in [6.07, 6.45) is 7.90. The van der Waals surface area contributed by atoms with Crippen LogP contribution in [0.25, 0.3) is 16.1 Å². The van der Waals surface area contributed by atoms with Gasteiger partial charge in [0, 0.05) is 12.2 Å². The summed E-state index contributed by atoms with van der Waals surface area (Å²) in [4.78, 5) is 22.1. The van der Waals surface area contributed by atoms with E-state index in [2.05, 4.69) is 22.3 Å². The number of nitrogens with zero attached hydrogens (tertiary/aromatic N) is 4. The van der Waals surface area contributed by atoms with E-state index in [0.29, 0.717) is 40.2 Å². The van der Waals surface area contributed by atoms with E-state index in [-0.39, 0.29) is 12.4 Å². The molecule has 0 spiro atoms. The molecule has 0 saturated heterocycles. The zero-order chi connectivity index (χ0) is 19.8. The second-order valence-electron chi connectivity index (χ2n) is 7.04. The van der Waals surface area contributed by atoms with Crippen LogP contribution in [0.15, 0.2) is 24.2 Å². The van der Waals surface area contributed by atoms with E-state index < -0.39 is 0 Å². The third kappa shape index (κ3) is 3.27. The summed E-state index contributed by atoms with van der Waals surface area (Å²) in [5, 5.41) is 17.6. The Balaban J connectivity index is 1.75. The minimum Gasteiger partial charge on any atom is -0.389 e. The summed E-state index contributed by atoms with van der Waals surface area (Å²) < 4.78 is 1.51. The van der Waals surface area contributed by atoms with Crippen LogP contribution in [0.5, 0.6) is 0 Å². The first-order valence-corrected chi connectivity index (χ1v) is 9.94. The summed E-state index contributed by atoms with van der Waals surface area (Å²) >= 11 is 1.38. The molecule has 9 heteroatoms. The van der Waals surface area contributed by atoms with Gasteiger partial charge in [-0.15, -0.1) is 11.3 Å². The Morgan fingerprint density at radius 1 is 1.46 bits per heavy atom. The van der Waals surface area contributed by atoms with Crippen LogP contribution in [0, 0.1) is 0 Å². The number of nitrogen functional groups attached to an aromatic ring is 1. The van der Waals surface area contributed by atoms with Crippen molar-refractivity contribution in [2.45, 2.75) is 45.8 Å². The Kier molecular flexibility index (Phi) is 4.86. The molecule has 0 saturated carbocycles. The molecule has 0 unspecified atom stereocenters. The number of aliphatic hydroxyl groups excluding tert-OH is 1. The van der Waals surface area contributed by atoms with Crippen molar-refractivity contribution in [3.8, 4) is 10.4 Å². The number of anilines is 1. The molecule has 4 heterocycles. The number of ketones is 1. The second kappa shape index (κ2) is 7.33. The monoisotopic (exact) mass is 398 g/mol. The van der Waals surface area contributed by atoms with E-state index in [4.69, 9.17) is 10.7 Å². The highest BCUT2D eigenvalue weighted by Crippen LogP contribution is 2.31. The fourth-order valence-corrected chi connectivity index (χ4v) is 4.36. The lowest BCUT2D eigenvalue weighted by atomic mass is 10.0. The third-order valence-corrected chi connectivity index (χ3v) is 5.94. The van der Waals surface area contributed by atoms with Crippen LogP contribution < -0.4 is 11.1 Å². The average Bonchev–Trinajstić information content (AvgIpc) is 3.38. The quantitative estimate of drug-likeness (QED) is 0.545. The molecule has 0 radical (unpaired) electrons. The standard InChI is InChI=1S/C19H22N6O2S/c1-10-5-12(21-6-10)3-4-14-17(11(2)27)18(20)25-19(24-14)13(7-23-25)15-8-22-16(9-26)28-15/h6-8,12,21,26H,3-5,9,20H2,1-2H3/t12-/m0/s1. The van der Waals surface area contributed by atoms with Crippen molar-refractivity contribution in [1.82, 2.24) is 24.9 Å². The Morgan fingerprint density at radius 3 is 2.93 bits per heavy atom. The number of aromatic nitrogens is 4. The maximum atomic E-state index is 12.3. The number of fused-ring (bicyclic) bond motifs is 1. The van der Waals surface area contributed by atoms with Gasteiger partial charge in [0.15, 0.2) is 11.4 Å². The molecule has 0 amide bonds. The molecule has 1 aliphatic rings. The molecular formula is C19H22N6O2S. The Labute approximate surface area is 166 Å². The van der Waals surface area contributed by atoms with Crippen LogP contribution in [0.1, 0.15) is 47.7 Å². The number of nitrogens with two attached hydrogens (primary N) is 1. The van der Waals surface area contributed by atoms with Gasteiger partial charge in [-0.25, -0.2) is 9.97 Å². The number of nitrogens with one attached hydrogen (secondary N) is 1. The predicted molar refractivity (Wildman–Crippen MR) is 108 cm³/mol. The highest BCUT2D eigenvalue weighted by molar-refractivity contribution is 7.15. The van der Waals surface area contributed by atoms with E-state index in [9.17, 15) is 9.90 Å². The topological polar surface area (TPSA) is 118 Å². The molecule has 4 N–H and O–H groups in total. The summed E-state index contributed by atoms with van der Waals surface area (Å²) in [5.41, 5.74) is 10.1. The second-order valence-corrected chi connectivity index (χ2v) is 8.16. The fourth-order valence-electron chi connectivity index (χ4n) is 3.57. The summed E-state index contributed by atoms with van der Waals surface area (Å²) in [5.74, 6) is 0.187. The third-order valence-electron chi connectivity index (χ3n) is 4.93. The van der Waals surface area contributed by atoms with Crippen LogP contribution in [-0.4, -0.2) is 36.5 Å². The van der Waals surface area contributed by atoms with Crippen molar-refractivity contribution in [2.75, 3.05) is 5.73 Å². The lowest BCUT2D eigenvalue weighted by molar-refractivity contribution is 0.101. The van der Waals surface area contributed by atoms with Crippen LogP contribution >= 0.6 is 11.3 Å². The number of aryl methyl sites for hydroxylation is 1. The minimum atomic E-state index is -0.118. The average molecular weight is 398 g/mol. The van der Waals surface area contributed by atoms with Gasteiger partial charge in [0.05, 0.1) is 34.5 Å². The molecule has 0 aromatic carbocycles. The molecule has 3 aromatic rings. The van der Waals surface area contributed by atoms with Crippen LogP contribution in [0.2, 0.25) is 0 Å². The molecule has 3 aromatic heterocycles. The number of hydrogen-bond acceptors (Lipinski definition) is 8. The van der Waals surface area contributed by atoms with Crippen LogP contribution in [0.3, 0.4) is 0 Å². The number of Topliss-reactive ketones (excluding diaryl/α,β-unsaturated/α-hetero) is 1. The molecule has 146 valence electrons. The highest BCUT2D eigenvalue weighted by Gasteiger charge is 2.22. The van der Waals surface area contributed by atoms with E-state index in [1.807, 2.05) is 6.20 Å². The largest absolute Gasteiger partial charge is 0.389 e. The number of rotatable bonds is 6. The maximum absolute atomic E-state index is 12.3. The SMILES string of the molecule is CC(=O)c1c(CC[C@H]2CC(C)=CN2)nc2c(-c3cnc(CO)s3)cnn2c1N. The van der Waals surface area contributed by atoms with Gasteiger partial charge in [-0.05, 0) is 39.3 Å². The molecule has 1 atom stereocenters. The molecular weight excluding hydrogens is 376 g/mol. The van der Waals surface area contributed by atoms with Crippen LogP contribution in [-0.2, 0) is 13.0 Å². The van der Waals surface area contributed by atoms with Gasteiger partial charge in [-0.1, -0.05) is 5.57 Å². The van der Waals surface area contributed by atoms with Gasteiger partial charge in [-0.2, -0.15) is 9.61 Å². The van der Waals surface area contributed by atoms with Crippen molar-refractivity contribution in [1.29, 1.82) is 0 Å². The van der Waals surface area contributed by atoms with Crippen molar-refractivity contribution in [2.24, 2.45) is 0 Å². The van der Waals surface area contributed by atoms with Gasteiger partial charge >= 0.3 is 0 Å². The Hall–Kier alpha value is -2.78. The zero-order valence-corrected chi connectivity index (χ0v) is 16.6. The number of thiazole rings is 1. The van der Waals surface area contributed by atoms with Gasteiger partial charge in [-0.3, -0.25) is 4.79 Å². The predicted octanol–water partition coefficient (Wildman–Crippen LogP) is 2.33. The first kappa shape index (κ1) is 18.6.